The molecule has 2 aromatic rings. The molecule has 25 heavy (non-hydrogen) atoms. The fourth-order valence-electron chi connectivity index (χ4n) is 3.31. The van der Waals surface area contributed by atoms with Crippen LogP contribution in [0, 0.1) is 5.92 Å². The van der Waals surface area contributed by atoms with Gasteiger partial charge in [-0.25, -0.2) is 13.7 Å². The molecule has 3 atom stereocenters. The Morgan fingerprint density at radius 2 is 2.24 bits per heavy atom. The molecule has 3 unspecified atom stereocenters. The molecule has 3 rings (SSSR count). The number of aldehydes is 1. The van der Waals surface area contributed by atoms with E-state index in [2.05, 4.69) is 15.4 Å². The van der Waals surface area contributed by atoms with Crippen molar-refractivity contribution in [1.29, 1.82) is 0 Å². The summed E-state index contributed by atoms with van der Waals surface area (Å²) in [4.78, 5) is 23.3. The number of fused-ring (bicyclic) bond motifs is 1. The van der Waals surface area contributed by atoms with Crippen molar-refractivity contribution in [2.75, 3.05) is 13.6 Å². The maximum atomic E-state index is 12.5. The molecule has 1 aromatic carbocycles. The van der Waals surface area contributed by atoms with Crippen molar-refractivity contribution < 1.29 is 18.2 Å². The van der Waals surface area contributed by atoms with E-state index < -0.39 is 22.6 Å². The molecular weight excluding hydrogens is 342 g/mol. The summed E-state index contributed by atoms with van der Waals surface area (Å²) in [6.45, 7) is 0.340. The maximum absolute atomic E-state index is 12.5. The van der Waals surface area contributed by atoms with E-state index in [1.54, 1.807) is 6.07 Å². The summed E-state index contributed by atoms with van der Waals surface area (Å²) in [5, 5.41) is 6.45. The lowest BCUT2D eigenvalue weighted by Gasteiger charge is -2.30. The molecule has 0 saturated heterocycles. The standard InChI is InChI=1S/C17H21N3O4S/c1-18-16(22)20-17(11-21)8-4-6-13(17)10-19-25(23)15-9-12-5-2-3-7-14(12)24-15/h2-3,5,7,9,11,13,19H,4,6,8,10H2,1H3,(H2,18,20,22). The van der Waals surface area contributed by atoms with Crippen molar-refractivity contribution >= 4 is 34.3 Å². The van der Waals surface area contributed by atoms with E-state index in [1.807, 2.05) is 24.3 Å². The first-order valence-electron chi connectivity index (χ1n) is 8.18. The summed E-state index contributed by atoms with van der Waals surface area (Å²) in [7, 11) is -0.0160. The van der Waals surface area contributed by atoms with Gasteiger partial charge in [-0.3, -0.25) is 0 Å². The lowest BCUT2D eigenvalue weighted by atomic mass is 9.88. The van der Waals surface area contributed by atoms with Crippen LogP contribution < -0.4 is 15.4 Å². The van der Waals surface area contributed by atoms with Gasteiger partial charge in [-0.05, 0) is 18.9 Å². The first-order chi connectivity index (χ1) is 12.1. The molecule has 134 valence electrons. The first-order valence-corrected chi connectivity index (χ1v) is 9.33. The fraction of sp³-hybridized carbons (Fsp3) is 0.412. The van der Waals surface area contributed by atoms with Gasteiger partial charge in [-0.15, -0.1) is 0 Å². The van der Waals surface area contributed by atoms with Gasteiger partial charge in [-0.1, -0.05) is 24.6 Å². The van der Waals surface area contributed by atoms with Crippen LogP contribution in [0.1, 0.15) is 19.3 Å². The first kappa shape index (κ1) is 17.6. The summed E-state index contributed by atoms with van der Waals surface area (Å²) in [6, 6.07) is 8.80. The summed E-state index contributed by atoms with van der Waals surface area (Å²) in [5.41, 5.74) is -0.248. The molecular formula is C17H21N3O4S. The monoisotopic (exact) mass is 363 g/mol. The topological polar surface area (TPSA) is 100 Å². The Hall–Kier alpha value is -2.19. The molecule has 1 aliphatic rings. The summed E-state index contributed by atoms with van der Waals surface area (Å²) < 4.78 is 21.0. The molecule has 8 heteroatoms. The van der Waals surface area contributed by atoms with Crippen LogP contribution in [-0.4, -0.2) is 35.7 Å². The molecule has 0 bridgehead atoms. The third-order valence-electron chi connectivity index (χ3n) is 4.70. The van der Waals surface area contributed by atoms with Crippen LogP contribution in [0.15, 0.2) is 39.8 Å². The molecule has 1 heterocycles. The number of hydrogen-bond donors (Lipinski definition) is 3. The fourth-order valence-corrected chi connectivity index (χ4v) is 4.20. The van der Waals surface area contributed by atoms with Gasteiger partial charge in [0.15, 0.2) is 11.0 Å². The highest BCUT2D eigenvalue weighted by Crippen LogP contribution is 2.34. The number of furan rings is 1. The highest BCUT2D eigenvalue weighted by Gasteiger charge is 2.44. The van der Waals surface area contributed by atoms with Gasteiger partial charge in [0.2, 0.25) is 5.09 Å². The second kappa shape index (κ2) is 7.37. The van der Waals surface area contributed by atoms with Crippen LogP contribution in [0.25, 0.3) is 11.0 Å². The lowest BCUT2D eigenvalue weighted by molar-refractivity contribution is -0.114. The van der Waals surface area contributed by atoms with Crippen LogP contribution in [0.3, 0.4) is 0 Å². The number of carbonyl (C=O) groups is 2. The number of urea groups is 1. The smallest absolute Gasteiger partial charge is 0.315 e. The second-order valence-electron chi connectivity index (χ2n) is 6.17. The number of nitrogens with one attached hydrogen (secondary N) is 3. The third kappa shape index (κ3) is 3.59. The van der Waals surface area contributed by atoms with Crippen LogP contribution >= 0.6 is 0 Å². The molecule has 7 nitrogen and oxygen atoms in total. The van der Waals surface area contributed by atoms with Gasteiger partial charge >= 0.3 is 6.03 Å². The van der Waals surface area contributed by atoms with Crippen molar-refractivity contribution in [3.8, 4) is 0 Å². The van der Waals surface area contributed by atoms with E-state index in [0.717, 1.165) is 24.5 Å². The van der Waals surface area contributed by atoms with Gasteiger partial charge < -0.3 is 19.8 Å². The van der Waals surface area contributed by atoms with Crippen LogP contribution in [-0.2, 0) is 15.8 Å². The summed E-state index contributed by atoms with van der Waals surface area (Å²) >= 11 is 0. The number of benzene rings is 1. The second-order valence-corrected chi connectivity index (χ2v) is 7.40. The normalized spacial score (nSPS) is 24.1. The van der Waals surface area contributed by atoms with E-state index in [1.165, 1.54) is 7.05 Å². The van der Waals surface area contributed by atoms with Crippen molar-refractivity contribution in [3.63, 3.8) is 0 Å². The molecule has 0 radical (unpaired) electrons. The predicted molar refractivity (Wildman–Crippen MR) is 94.4 cm³/mol. The SMILES string of the molecule is CNC(=O)NC1(C=O)CCCC1CNS(=O)c1cc2ccccc2o1. The Morgan fingerprint density at radius 3 is 2.96 bits per heavy atom. The zero-order valence-electron chi connectivity index (χ0n) is 13.9. The number of rotatable bonds is 6. The van der Waals surface area contributed by atoms with Crippen LogP contribution in [0.5, 0.6) is 0 Å². The quantitative estimate of drug-likeness (QED) is 0.680. The Kier molecular flexibility index (Phi) is 5.19. The molecule has 0 spiro atoms. The highest BCUT2D eigenvalue weighted by molar-refractivity contribution is 7.82. The number of hydrogen-bond acceptors (Lipinski definition) is 4. The van der Waals surface area contributed by atoms with Gasteiger partial charge in [0, 0.05) is 31.0 Å². The number of para-hydroxylation sites is 1. The lowest BCUT2D eigenvalue weighted by Crippen LogP contribution is -2.56. The Morgan fingerprint density at radius 1 is 1.44 bits per heavy atom. The minimum Gasteiger partial charge on any atom is -0.446 e. The minimum atomic E-state index is -1.52. The Bertz CT molecular complexity index is 773. The van der Waals surface area contributed by atoms with Crippen LogP contribution in [0.4, 0.5) is 4.79 Å². The van der Waals surface area contributed by atoms with Gasteiger partial charge in [0.25, 0.3) is 0 Å². The molecule has 2 amide bonds. The van der Waals surface area contributed by atoms with Crippen molar-refractivity contribution in [3.05, 3.63) is 30.3 Å². The Balaban J connectivity index is 1.67. The Labute approximate surface area is 148 Å². The van der Waals surface area contributed by atoms with E-state index >= 15 is 0 Å². The van der Waals surface area contributed by atoms with E-state index in [0.29, 0.717) is 23.6 Å². The average molecular weight is 363 g/mol. The van der Waals surface area contributed by atoms with E-state index in [9.17, 15) is 13.8 Å². The van der Waals surface area contributed by atoms with E-state index in [4.69, 9.17) is 4.42 Å². The molecule has 1 saturated carbocycles. The van der Waals surface area contributed by atoms with Crippen LogP contribution in [0.2, 0.25) is 0 Å². The average Bonchev–Trinajstić information content (AvgIpc) is 3.23. The van der Waals surface area contributed by atoms with Crippen molar-refractivity contribution in [2.24, 2.45) is 5.92 Å². The minimum absolute atomic E-state index is 0.129. The molecule has 1 fully saturated rings. The van der Waals surface area contributed by atoms with Gasteiger partial charge in [0.1, 0.15) is 17.4 Å². The summed E-state index contributed by atoms with van der Waals surface area (Å²) in [6.07, 6.45) is 2.97. The molecule has 0 aliphatic heterocycles. The zero-order valence-corrected chi connectivity index (χ0v) is 14.7. The van der Waals surface area contributed by atoms with Crippen molar-refractivity contribution in [1.82, 2.24) is 15.4 Å². The molecule has 1 aromatic heterocycles. The van der Waals surface area contributed by atoms with E-state index in [-0.39, 0.29) is 5.92 Å². The van der Waals surface area contributed by atoms with Crippen molar-refractivity contribution in [2.45, 2.75) is 29.9 Å². The third-order valence-corrected chi connectivity index (χ3v) is 5.70. The maximum Gasteiger partial charge on any atom is 0.315 e. The molecule has 1 aliphatic carbocycles. The predicted octanol–water partition coefficient (Wildman–Crippen LogP) is 1.71. The highest BCUT2D eigenvalue weighted by atomic mass is 32.2. The largest absolute Gasteiger partial charge is 0.446 e. The van der Waals surface area contributed by atoms with Gasteiger partial charge in [-0.2, -0.15) is 0 Å². The molecule has 3 N–H and O–H groups in total. The number of amides is 2. The zero-order chi connectivity index (χ0) is 17.9. The number of carbonyl (C=O) groups excluding carboxylic acids is 2. The summed E-state index contributed by atoms with van der Waals surface area (Å²) in [5.74, 6) is -0.129. The van der Waals surface area contributed by atoms with Gasteiger partial charge in [0.05, 0.1) is 0 Å².